The van der Waals surface area contributed by atoms with Gasteiger partial charge in [-0.05, 0) is 23.9 Å². The number of aliphatic hydroxyl groups excluding tert-OH is 1. The van der Waals surface area contributed by atoms with E-state index in [2.05, 4.69) is 15.8 Å². The van der Waals surface area contributed by atoms with Gasteiger partial charge in [0.15, 0.2) is 0 Å². The van der Waals surface area contributed by atoms with E-state index in [9.17, 15) is 5.11 Å². The van der Waals surface area contributed by atoms with Gasteiger partial charge in [-0.15, -0.1) is 9.24 Å². The van der Waals surface area contributed by atoms with Crippen molar-refractivity contribution in [3.05, 3.63) is 35.2 Å². The van der Waals surface area contributed by atoms with E-state index >= 15 is 0 Å². The Morgan fingerprint density at radius 3 is 2.43 bits per heavy atom. The molecular weight excluding hydrogens is 191 g/mol. The van der Waals surface area contributed by atoms with E-state index in [-0.39, 0.29) is 12.0 Å². The summed E-state index contributed by atoms with van der Waals surface area (Å²) >= 11 is 0. The second-order valence-corrected chi connectivity index (χ2v) is 3.78. The highest BCUT2D eigenvalue weighted by molar-refractivity contribution is 7.23. The van der Waals surface area contributed by atoms with Gasteiger partial charge in [0, 0.05) is 5.92 Å². The van der Waals surface area contributed by atoms with E-state index in [0.717, 1.165) is 5.57 Å². The van der Waals surface area contributed by atoms with Crippen LogP contribution in [-0.4, -0.2) is 11.2 Å². The first-order valence-electron chi connectivity index (χ1n) is 5.07. The van der Waals surface area contributed by atoms with Crippen LogP contribution in [0, 0.1) is 5.92 Å². The highest BCUT2D eigenvalue weighted by Crippen LogP contribution is 2.33. The summed E-state index contributed by atoms with van der Waals surface area (Å²) in [6.07, 6.45) is 3.27. The maximum atomic E-state index is 9.60. The Morgan fingerprint density at radius 1 is 1.50 bits per heavy atom. The number of hydrogen-bond donors (Lipinski definition) is 1. The molecule has 80 valence electrons. The molecule has 0 amide bonds. The maximum Gasteiger partial charge on any atom is 0.0792 e. The largest absolute Gasteiger partial charge is 0.388 e. The Hall–Kier alpha value is -0.390. The Kier molecular flexibility index (Phi) is 5.99. The molecule has 0 bridgehead atoms. The quantitative estimate of drug-likeness (QED) is 0.661. The molecule has 3 unspecified atom stereocenters. The van der Waals surface area contributed by atoms with Crippen LogP contribution >= 0.6 is 9.24 Å². The molecule has 0 spiro atoms. The van der Waals surface area contributed by atoms with Gasteiger partial charge < -0.3 is 5.11 Å². The normalized spacial score (nSPS) is 26.3. The molecule has 1 nitrogen and oxygen atoms in total. The predicted molar refractivity (Wildman–Crippen MR) is 67.2 cm³/mol. The first-order chi connectivity index (χ1) is 6.57. The predicted octanol–water partition coefficient (Wildman–Crippen LogP) is 3.28. The van der Waals surface area contributed by atoms with Crippen molar-refractivity contribution < 1.29 is 5.11 Å². The summed E-state index contributed by atoms with van der Waals surface area (Å²) < 4.78 is 0. The van der Waals surface area contributed by atoms with E-state index in [1.54, 1.807) is 6.08 Å². The molecule has 0 aromatic heterocycles. The lowest BCUT2D eigenvalue weighted by atomic mass is 9.88. The zero-order chi connectivity index (χ0) is 11.3. The van der Waals surface area contributed by atoms with Crippen LogP contribution in [0.15, 0.2) is 35.2 Å². The fraction of sp³-hybridized carbons (Fsp3) is 0.500. The Morgan fingerprint density at radius 2 is 2.00 bits per heavy atom. The summed E-state index contributed by atoms with van der Waals surface area (Å²) in [4.78, 5) is 0. The van der Waals surface area contributed by atoms with Gasteiger partial charge in [-0.1, -0.05) is 39.0 Å². The highest BCUT2D eigenvalue weighted by atomic mass is 31.0. The van der Waals surface area contributed by atoms with Crippen LogP contribution in [0.25, 0.3) is 0 Å². The molecule has 0 heterocycles. The third-order valence-corrected chi connectivity index (χ3v) is 3.29. The zero-order valence-corrected chi connectivity index (χ0v) is 10.7. The third kappa shape index (κ3) is 2.80. The smallest absolute Gasteiger partial charge is 0.0792 e. The average molecular weight is 212 g/mol. The van der Waals surface area contributed by atoms with Gasteiger partial charge in [0.25, 0.3) is 0 Å². The highest BCUT2D eigenvalue weighted by Gasteiger charge is 2.21. The number of rotatable bonds is 1. The van der Waals surface area contributed by atoms with E-state index in [0.29, 0.717) is 0 Å². The van der Waals surface area contributed by atoms with Crippen LogP contribution < -0.4 is 0 Å². The van der Waals surface area contributed by atoms with Crippen LogP contribution in [0.2, 0.25) is 0 Å². The molecule has 0 aromatic rings. The summed E-state index contributed by atoms with van der Waals surface area (Å²) in [6, 6.07) is 0. The minimum atomic E-state index is -0.359. The Labute approximate surface area is 89.8 Å². The standard InChI is InChI=1S/C10H15OP.C2H6/c1-4-8-5-9(11)6(2)7(3)10(8)12;1-2/h4-6,9,11H,1,12H2,2-3H3;1-2H3. The van der Waals surface area contributed by atoms with E-state index in [1.807, 2.05) is 33.8 Å². The fourth-order valence-corrected chi connectivity index (χ4v) is 1.80. The SMILES string of the molecule is C=CC1=CC(O)C(C)C(C)=C1P.CC. The molecule has 0 saturated carbocycles. The van der Waals surface area contributed by atoms with Gasteiger partial charge >= 0.3 is 0 Å². The van der Waals surface area contributed by atoms with Crippen LogP contribution in [-0.2, 0) is 0 Å². The van der Waals surface area contributed by atoms with Crippen molar-refractivity contribution >= 4 is 9.24 Å². The molecule has 0 aliphatic heterocycles. The number of aliphatic hydroxyl groups is 1. The molecule has 1 rings (SSSR count). The van der Waals surface area contributed by atoms with Crippen molar-refractivity contribution in [3.8, 4) is 0 Å². The minimum absolute atomic E-state index is 0.223. The van der Waals surface area contributed by atoms with E-state index < -0.39 is 0 Å². The average Bonchev–Trinajstić information content (AvgIpc) is 2.23. The molecule has 14 heavy (non-hydrogen) atoms. The molecule has 1 N–H and O–H groups in total. The fourth-order valence-electron chi connectivity index (χ4n) is 1.33. The molecule has 1 aliphatic carbocycles. The van der Waals surface area contributed by atoms with Gasteiger partial charge in [-0.2, -0.15) is 0 Å². The lowest BCUT2D eigenvalue weighted by molar-refractivity contribution is 0.177. The first-order valence-corrected chi connectivity index (χ1v) is 5.64. The summed E-state index contributed by atoms with van der Waals surface area (Å²) in [6.45, 7) is 11.8. The van der Waals surface area contributed by atoms with Crippen LogP contribution in [0.3, 0.4) is 0 Å². The van der Waals surface area contributed by atoms with Gasteiger partial charge in [0.1, 0.15) is 0 Å². The van der Waals surface area contributed by atoms with Crippen molar-refractivity contribution in [2.24, 2.45) is 5.92 Å². The lowest BCUT2D eigenvalue weighted by Crippen LogP contribution is -2.20. The summed E-state index contributed by atoms with van der Waals surface area (Å²) in [5.74, 6) is 0.223. The molecule has 0 radical (unpaired) electrons. The molecule has 2 heteroatoms. The van der Waals surface area contributed by atoms with Gasteiger partial charge in [-0.25, -0.2) is 0 Å². The molecule has 0 aromatic carbocycles. The molecule has 0 saturated heterocycles. The summed E-state index contributed by atoms with van der Waals surface area (Å²) in [5.41, 5.74) is 2.26. The van der Waals surface area contributed by atoms with Crippen LogP contribution in [0.4, 0.5) is 0 Å². The van der Waals surface area contributed by atoms with Gasteiger partial charge in [0.2, 0.25) is 0 Å². The third-order valence-electron chi connectivity index (χ3n) is 2.50. The molecule has 3 atom stereocenters. The van der Waals surface area contributed by atoms with Crippen LogP contribution in [0.1, 0.15) is 27.7 Å². The first kappa shape index (κ1) is 13.6. The zero-order valence-electron chi connectivity index (χ0n) is 9.54. The minimum Gasteiger partial charge on any atom is -0.388 e. The van der Waals surface area contributed by atoms with Crippen molar-refractivity contribution in [3.63, 3.8) is 0 Å². The van der Waals surface area contributed by atoms with E-state index in [1.165, 1.54) is 10.9 Å². The number of allylic oxidation sites excluding steroid dienone is 3. The second kappa shape index (κ2) is 6.16. The molecule has 0 fully saturated rings. The maximum absolute atomic E-state index is 9.60. The van der Waals surface area contributed by atoms with Crippen molar-refractivity contribution in [1.82, 2.24) is 0 Å². The second-order valence-electron chi connectivity index (χ2n) is 3.20. The summed E-state index contributed by atoms with van der Waals surface area (Å²) in [7, 11) is 2.70. The Balaban J connectivity index is 0.000000791. The monoisotopic (exact) mass is 212 g/mol. The topological polar surface area (TPSA) is 20.2 Å². The van der Waals surface area contributed by atoms with Gasteiger partial charge in [0.05, 0.1) is 6.10 Å². The lowest BCUT2D eigenvalue weighted by Gasteiger charge is -2.25. The van der Waals surface area contributed by atoms with Crippen molar-refractivity contribution in [2.75, 3.05) is 0 Å². The van der Waals surface area contributed by atoms with E-state index in [4.69, 9.17) is 0 Å². The number of hydrogen-bond acceptors (Lipinski definition) is 1. The summed E-state index contributed by atoms with van der Waals surface area (Å²) in [5, 5.41) is 10.8. The van der Waals surface area contributed by atoms with Crippen molar-refractivity contribution in [2.45, 2.75) is 33.8 Å². The van der Waals surface area contributed by atoms with Crippen LogP contribution in [0.5, 0.6) is 0 Å². The van der Waals surface area contributed by atoms with Crippen molar-refractivity contribution in [1.29, 1.82) is 0 Å². The Bertz CT molecular complexity index is 263. The molecule has 1 aliphatic rings. The molecular formula is C12H21OP. The van der Waals surface area contributed by atoms with Gasteiger partial charge in [-0.3, -0.25) is 0 Å².